The van der Waals surface area contributed by atoms with Gasteiger partial charge < -0.3 is 20.5 Å². The Hall–Kier alpha value is -4.27. The molecule has 2 amide bonds. The van der Waals surface area contributed by atoms with E-state index < -0.39 is 5.82 Å². The monoisotopic (exact) mass is 517 g/mol. The highest BCUT2D eigenvalue weighted by Crippen LogP contribution is 2.35. The molecule has 0 bridgehead atoms. The van der Waals surface area contributed by atoms with E-state index in [2.05, 4.69) is 10.3 Å². The molecule has 2 heterocycles. The average molecular weight is 518 g/mol. The maximum absolute atomic E-state index is 15.5. The summed E-state index contributed by atoms with van der Waals surface area (Å²) in [5.41, 5.74) is 8.12. The summed E-state index contributed by atoms with van der Waals surface area (Å²) in [5.74, 6) is -0.701. The minimum Gasteiger partial charge on any atom is -0.387 e. The molecule has 198 valence electrons. The Labute approximate surface area is 220 Å². The van der Waals surface area contributed by atoms with Crippen LogP contribution < -0.4 is 16.6 Å². The Morgan fingerprint density at radius 2 is 1.84 bits per heavy atom. The van der Waals surface area contributed by atoms with E-state index in [1.54, 1.807) is 47.5 Å². The lowest BCUT2D eigenvalue weighted by Crippen LogP contribution is -2.34. The Morgan fingerprint density at radius 3 is 2.53 bits per heavy atom. The number of nitrogens with zero attached hydrogens (tertiary/aromatic N) is 3. The van der Waals surface area contributed by atoms with E-state index in [0.717, 1.165) is 12.8 Å². The van der Waals surface area contributed by atoms with Crippen LogP contribution in [0.15, 0.2) is 58.0 Å². The van der Waals surface area contributed by atoms with E-state index >= 15 is 4.39 Å². The minimum absolute atomic E-state index is 0.0743. The third-order valence-electron chi connectivity index (χ3n) is 6.51. The first-order valence-electron chi connectivity index (χ1n) is 12.8. The van der Waals surface area contributed by atoms with Gasteiger partial charge in [-0.05, 0) is 65.8 Å². The van der Waals surface area contributed by atoms with Crippen molar-refractivity contribution in [1.29, 1.82) is 0 Å². The minimum atomic E-state index is -0.514. The number of amides is 2. The Balaban J connectivity index is 1.73. The predicted molar refractivity (Wildman–Crippen MR) is 149 cm³/mol. The van der Waals surface area contributed by atoms with Crippen molar-refractivity contribution in [2.45, 2.75) is 39.7 Å². The molecule has 8 nitrogen and oxygen atoms in total. The fraction of sp³-hybridized carbons (Fsp3) is 0.310. The number of benzene rings is 2. The molecule has 1 aromatic heterocycles. The second kappa shape index (κ2) is 11.4. The van der Waals surface area contributed by atoms with Gasteiger partial charge in [0.05, 0.1) is 5.69 Å². The summed E-state index contributed by atoms with van der Waals surface area (Å²) >= 11 is 0. The fourth-order valence-electron chi connectivity index (χ4n) is 4.64. The van der Waals surface area contributed by atoms with E-state index in [4.69, 9.17) is 5.73 Å². The number of pyridine rings is 1. The quantitative estimate of drug-likeness (QED) is 0.471. The van der Waals surface area contributed by atoms with Crippen molar-refractivity contribution in [3.05, 3.63) is 69.9 Å². The van der Waals surface area contributed by atoms with Gasteiger partial charge in [0, 0.05) is 49.3 Å². The first-order valence-corrected chi connectivity index (χ1v) is 12.8. The molecule has 0 fully saturated rings. The lowest BCUT2D eigenvalue weighted by molar-refractivity contribution is -0.127. The number of fused-ring (bicyclic) bond motifs is 2. The highest BCUT2D eigenvalue weighted by atomic mass is 19.1. The second-order valence-electron chi connectivity index (χ2n) is 9.36. The van der Waals surface area contributed by atoms with Gasteiger partial charge in [0.2, 0.25) is 11.8 Å². The molecular formula is C29H32FN5O3. The zero-order chi connectivity index (χ0) is 27.4. The van der Waals surface area contributed by atoms with Gasteiger partial charge in [0.1, 0.15) is 18.2 Å². The SMILES string of the molecule is CCCN(CCC)C(=O)C1=Cc2c(F)cc(-c3ccc4c(=O)n(CC(=O)NC)ccc4c3)cc2N=C(N)C1. The van der Waals surface area contributed by atoms with E-state index in [-0.39, 0.29) is 41.7 Å². The molecule has 4 rings (SSSR count). The zero-order valence-corrected chi connectivity index (χ0v) is 21.9. The molecule has 0 saturated heterocycles. The summed E-state index contributed by atoms with van der Waals surface area (Å²) in [6.07, 6.45) is 4.92. The summed E-state index contributed by atoms with van der Waals surface area (Å²) in [7, 11) is 1.51. The molecule has 3 N–H and O–H groups in total. The number of hydrogen-bond donors (Lipinski definition) is 2. The van der Waals surface area contributed by atoms with E-state index in [1.807, 2.05) is 13.8 Å². The van der Waals surface area contributed by atoms with Crippen molar-refractivity contribution in [2.75, 3.05) is 20.1 Å². The molecule has 3 aromatic rings. The number of halogens is 1. The highest BCUT2D eigenvalue weighted by molar-refractivity contribution is 6.05. The van der Waals surface area contributed by atoms with Crippen molar-refractivity contribution in [2.24, 2.45) is 10.7 Å². The first kappa shape index (κ1) is 26.8. The topological polar surface area (TPSA) is 110 Å². The van der Waals surface area contributed by atoms with E-state index in [1.165, 1.54) is 17.7 Å². The summed E-state index contributed by atoms with van der Waals surface area (Å²) < 4.78 is 16.8. The number of hydrogen-bond acceptors (Lipinski definition) is 5. The number of carbonyl (C=O) groups is 2. The number of likely N-dealkylation sites (N-methyl/N-ethyl adjacent to an activating group) is 1. The van der Waals surface area contributed by atoms with Crippen molar-refractivity contribution < 1.29 is 14.0 Å². The molecule has 2 aromatic carbocycles. The second-order valence-corrected chi connectivity index (χ2v) is 9.36. The van der Waals surface area contributed by atoms with Crippen LogP contribution >= 0.6 is 0 Å². The number of amidine groups is 1. The molecule has 0 radical (unpaired) electrons. The molecule has 38 heavy (non-hydrogen) atoms. The van der Waals surface area contributed by atoms with Crippen molar-refractivity contribution in [3.63, 3.8) is 0 Å². The largest absolute Gasteiger partial charge is 0.387 e. The summed E-state index contributed by atoms with van der Waals surface area (Å²) in [4.78, 5) is 43.9. The maximum atomic E-state index is 15.5. The molecular weight excluding hydrogens is 485 g/mol. The van der Waals surface area contributed by atoms with Crippen molar-refractivity contribution in [3.8, 4) is 11.1 Å². The molecule has 0 aliphatic carbocycles. The van der Waals surface area contributed by atoms with Crippen LogP contribution in [0.2, 0.25) is 0 Å². The summed E-state index contributed by atoms with van der Waals surface area (Å²) in [6, 6.07) is 10.1. The van der Waals surface area contributed by atoms with Gasteiger partial charge in [-0.2, -0.15) is 0 Å². The molecule has 1 aliphatic rings. The Morgan fingerprint density at radius 1 is 1.11 bits per heavy atom. The number of aromatic nitrogens is 1. The van der Waals surface area contributed by atoms with Gasteiger partial charge in [-0.3, -0.25) is 14.4 Å². The van der Waals surface area contributed by atoms with E-state index in [0.29, 0.717) is 46.2 Å². The van der Waals surface area contributed by atoms with Crippen molar-refractivity contribution in [1.82, 2.24) is 14.8 Å². The van der Waals surface area contributed by atoms with Gasteiger partial charge >= 0.3 is 0 Å². The van der Waals surface area contributed by atoms with E-state index in [9.17, 15) is 14.4 Å². The van der Waals surface area contributed by atoms with Gasteiger partial charge in [-0.15, -0.1) is 0 Å². The predicted octanol–water partition coefficient (Wildman–Crippen LogP) is 3.98. The van der Waals surface area contributed by atoms with Crippen molar-refractivity contribution >= 4 is 40.2 Å². The maximum Gasteiger partial charge on any atom is 0.258 e. The average Bonchev–Trinajstić information content (AvgIpc) is 3.07. The smallest absolute Gasteiger partial charge is 0.258 e. The van der Waals surface area contributed by atoms with Crippen LogP contribution in [0.25, 0.3) is 28.0 Å². The molecule has 0 saturated carbocycles. The Bertz CT molecular complexity index is 1520. The van der Waals surface area contributed by atoms with Crippen LogP contribution in [0, 0.1) is 5.82 Å². The van der Waals surface area contributed by atoms with Crippen LogP contribution in [0.3, 0.4) is 0 Å². The zero-order valence-electron chi connectivity index (χ0n) is 21.9. The third-order valence-corrected chi connectivity index (χ3v) is 6.51. The fourth-order valence-corrected chi connectivity index (χ4v) is 4.64. The summed E-state index contributed by atoms with van der Waals surface area (Å²) in [5, 5.41) is 3.62. The van der Waals surface area contributed by atoms with Crippen LogP contribution in [-0.4, -0.2) is 47.3 Å². The number of rotatable bonds is 8. The molecule has 0 unspecified atom stereocenters. The van der Waals surface area contributed by atoms with Gasteiger partial charge in [-0.25, -0.2) is 9.38 Å². The van der Waals surface area contributed by atoms with Crippen LogP contribution in [-0.2, 0) is 16.1 Å². The normalized spacial score (nSPS) is 12.8. The number of aliphatic imine (C=N–C) groups is 1. The van der Waals surface area contributed by atoms with Gasteiger partial charge in [-0.1, -0.05) is 19.9 Å². The number of carbonyl (C=O) groups excluding carboxylic acids is 2. The highest BCUT2D eigenvalue weighted by Gasteiger charge is 2.23. The standard InChI is InChI=1S/C29H32FN5O3/c1-4-9-34(10-5-2)28(37)21-13-23-24(30)14-20(15-25(23)33-26(31)16-21)18-6-7-22-19(12-18)8-11-35(29(22)38)17-27(36)32-3/h6-8,11-15H,4-5,9-10,16-17H2,1-3H3,(H2,31,33)(H,32,36). The lowest BCUT2D eigenvalue weighted by Gasteiger charge is -2.22. The van der Waals surface area contributed by atoms with Crippen LogP contribution in [0.5, 0.6) is 0 Å². The first-order chi connectivity index (χ1) is 18.2. The molecule has 0 spiro atoms. The molecule has 1 aliphatic heterocycles. The van der Waals surface area contributed by atoms with Gasteiger partial charge in [0.25, 0.3) is 5.56 Å². The van der Waals surface area contributed by atoms with Crippen LogP contribution in [0.4, 0.5) is 10.1 Å². The van der Waals surface area contributed by atoms with Crippen LogP contribution in [0.1, 0.15) is 38.7 Å². The number of nitrogens with one attached hydrogen (secondary N) is 1. The number of nitrogens with two attached hydrogens (primary N) is 1. The Kier molecular flexibility index (Phi) is 8.05. The third kappa shape index (κ3) is 5.51. The lowest BCUT2D eigenvalue weighted by atomic mass is 9.98. The molecule has 0 atom stereocenters. The molecule has 9 heteroatoms. The van der Waals surface area contributed by atoms with Gasteiger partial charge in [0.15, 0.2) is 0 Å². The summed E-state index contributed by atoms with van der Waals surface area (Å²) in [6.45, 7) is 5.19.